The number of rotatable bonds is 6. The van der Waals surface area contributed by atoms with Gasteiger partial charge in [-0.3, -0.25) is 24.0 Å². The summed E-state index contributed by atoms with van der Waals surface area (Å²) < 4.78 is 40.9. The first-order valence-electron chi connectivity index (χ1n) is 10.5. The summed E-state index contributed by atoms with van der Waals surface area (Å²) in [5.41, 5.74) is -17.1. The largest absolute Gasteiger partial charge is 0.393 e. The van der Waals surface area contributed by atoms with Crippen LogP contribution in [0.3, 0.4) is 0 Å². The second kappa shape index (κ2) is 6.33. The molecule has 0 saturated carbocycles. The van der Waals surface area contributed by atoms with Crippen molar-refractivity contribution in [3.8, 4) is 0 Å². The number of Topliss-reactive ketones (excluding diaryl/α,β-unsaturated/α-hetero) is 5. The highest BCUT2D eigenvalue weighted by atomic mass is 16.7. The van der Waals surface area contributed by atoms with E-state index in [1.54, 1.807) is 0 Å². The molecule has 1 aliphatic heterocycles. The highest BCUT2D eigenvalue weighted by Crippen LogP contribution is 2.54. The van der Waals surface area contributed by atoms with Crippen LogP contribution in [-0.2, 0) is 28.7 Å². The van der Waals surface area contributed by atoms with Crippen LogP contribution in [0.4, 0.5) is 0 Å². The minimum Gasteiger partial charge on any atom is -0.393 e. The molecule has 11 nitrogen and oxygen atoms in total. The second-order valence-corrected chi connectivity index (χ2v) is 5.98. The van der Waals surface area contributed by atoms with Gasteiger partial charge >= 0.3 is 0 Å². The second-order valence-electron chi connectivity index (χ2n) is 5.98. The molecular weight excluding hydrogens is 368 g/mol. The van der Waals surface area contributed by atoms with Gasteiger partial charge in [-0.25, -0.2) is 0 Å². The maximum Gasteiger partial charge on any atom is 0.268 e. The van der Waals surface area contributed by atoms with Gasteiger partial charge in [-0.2, -0.15) is 0 Å². The highest BCUT2D eigenvalue weighted by Gasteiger charge is 2.88. The van der Waals surface area contributed by atoms with Gasteiger partial charge in [0.05, 0.1) is 6.61 Å². The van der Waals surface area contributed by atoms with E-state index in [0.717, 1.165) is 0 Å². The van der Waals surface area contributed by atoms with Gasteiger partial charge in [-0.05, 0) is 27.6 Å². The van der Waals surface area contributed by atoms with Crippen molar-refractivity contribution in [3.63, 3.8) is 0 Å². The molecule has 1 saturated heterocycles. The Hall–Kier alpha value is -1.89. The normalized spacial score (nSPS) is 44.1. The van der Waals surface area contributed by atoms with Gasteiger partial charge in [0.1, 0.15) is 0 Å². The van der Waals surface area contributed by atoms with Crippen LogP contribution in [0.25, 0.3) is 0 Å². The predicted molar refractivity (Wildman–Crippen MR) is 84.1 cm³/mol. The minimum atomic E-state index is -4.52. The number of ketones is 5. The summed E-state index contributed by atoms with van der Waals surface area (Å²) in [6.45, 7) is -9.90. The number of hydrogen-bond acceptors (Lipinski definition) is 11. The van der Waals surface area contributed by atoms with Crippen LogP contribution >= 0.6 is 0 Å². The average molecular weight is 395 g/mol. The maximum absolute atomic E-state index is 12.7. The quantitative estimate of drug-likeness (QED) is 0.300. The molecule has 0 radical (unpaired) electrons. The molecule has 1 rings (SSSR count). The molecule has 1 unspecified atom stereocenters. The lowest BCUT2D eigenvalue weighted by Crippen LogP contribution is -2.94. The van der Waals surface area contributed by atoms with E-state index in [2.05, 4.69) is 0 Å². The molecule has 1 fully saturated rings. The monoisotopic (exact) mass is 395 g/mol. The van der Waals surface area contributed by atoms with Gasteiger partial charge in [0.25, 0.3) is 5.79 Å². The molecule has 5 N–H and O–H groups in total. The van der Waals surface area contributed by atoms with Gasteiger partial charge in [0, 0.05) is 13.8 Å². The van der Waals surface area contributed by atoms with Gasteiger partial charge < -0.3 is 30.3 Å². The molecule has 0 aromatic carbocycles. The first-order chi connectivity index (χ1) is 14.7. The van der Waals surface area contributed by atoms with E-state index < -0.39 is 98.2 Å². The number of hydrogen-bond donors (Lipinski definition) is 5. The molecule has 0 bridgehead atoms. The third kappa shape index (κ3) is 2.21. The Kier molecular flexibility index (Phi) is 3.77. The molecule has 1 heterocycles. The number of ether oxygens (including phenoxy) is 1. The lowest BCUT2D eigenvalue weighted by Gasteiger charge is -2.63. The Morgan fingerprint density at radius 1 is 0.704 bits per heavy atom. The van der Waals surface area contributed by atoms with Crippen molar-refractivity contribution >= 4 is 28.9 Å². The van der Waals surface area contributed by atoms with Crippen LogP contribution in [0.1, 0.15) is 41.4 Å². The Labute approximate surface area is 160 Å². The summed E-state index contributed by atoms with van der Waals surface area (Å²) in [4.78, 5) is 63.0. The van der Waals surface area contributed by atoms with Crippen LogP contribution in [0.15, 0.2) is 0 Å². The van der Waals surface area contributed by atoms with E-state index in [1.807, 2.05) is 0 Å². The lowest BCUT2D eigenvalue weighted by molar-refractivity contribution is -0.409. The molecule has 1 aliphatic rings. The van der Waals surface area contributed by atoms with Crippen LogP contribution in [0.5, 0.6) is 0 Å². The summed E-state index contributed by atoms with van der Waals surface area (Å²) in [6.07, 6.45) is 0. The maximum atomic E-state index is 12.7. The van der Waals surface area contributed by atoms with Crippen LogP contribution in [0.2, 0.25) is 0 Å². The summed E-state index contributed by atoms with van der Waals surface area (Å²) in [7, 11) is 0. The van der Waals surface area contributed by atoms with Crippen molar-refractivity contribution in [2.45, 2.75) is 62.7 Å². The van der Waals surface area contributed by atoms with Crippen LogP contribution < -0.4 is 0 Å². The number of carbonyl (C=O) groups excluding carboxylic acids is 5. The van der Waals surface area contributed by atoms with Crippen molar-refractivity contribution in [2.75, 3.05) is 6.61 Å². The number of carbonyl (C=O) groups is 5. The van der Waals surface area contributed by atoms with E-state index >= 15 is 0 Å². The highest BCUT2D eigenvalue weighted by molar-refractivity contribution is 6.12. The molecular formula is C16H22O11. The van der Waals surface area contributed by atoms with E-state index in [1.165, 1.54) is 0 Å². The van der Waals surface area contributed by atoms with Gasteiger partial charge in [0.2, 0.25) is 16.8 Å². The molecule has 27 heavy (non-hydrogen) atoms. The molecule has 0 spiro atoms. The van der Waals surface area contributed by atoms with E-state index in [9.17, 15) is 49.5 Å². The first kappa shape index (κ1) is 16.1. The van der Waals surface area contributed by atoms with Gasteiger partial charge in [-0.1, -0.05) is 0 Å². The van der Waals surface area contributed by atoms with Crippen LogP contribution in [-0.4, -0.2) is 89.2 Å². The zero-order valence-electron chi connectivity index (χ0n) is 18.9. The van der Waals surface area contributed by atoms with Gasteiger partial charge in [0.15, 0.2) is 34.5 Å². The molecule has 0 aliphatic carbocycles. The Balaban J connectivity index is 4.49. The van der Waals surface area contributed by atoms with Gasteiger partial charge in [-0.15, -0.1) is 0 Å². The molecule has 0 aromatic rings. The molecule has 152 valence electrons. The van der Waals surface area contributed by atoms with Crippen molar-refractivity contribution in [3.05, 3.63) is 0 Å². The van der Waals surface area contributed by atoms with Crippen molar-refractivity contribution < 1.29 is 61.1 Å². The Morgan fingerprint density at radius 2 is 1.11 bits per heavy atom. The third-order valence-electron chi connectivity index (χ3n) is 4.71. The predicted octanol–water partition coefficient (Wildman–Crippen LogP) is -3.43. The lowest BCUT2D eigenvalue weighted by atomic mass is 9.53. The summed E-state index contributed by atoms with van der Waals surface area (Å²) in [5.74, 6) is -14.5. The topological polar surface area (TPSA) is 196 Å². The fraction of sp³-hybridized carbons (Fsp3) is 0.688. The fourth-order valence-electron chi connectivity index (χ4n) is 3.17. The third-order valence-corrected chi connectivity index (χ3v) is 4.71. The van der Waals surface area contributed by atoms with Crippen molar-refractivity contribution in [1.82, 2.24) is 0 Å². The average Bonchev–Trinajstić information content (AvgIpc) is 2.81. The van der Waals surface area contributed by atoms with Crippen molar-refractivity contribution in [1.29, 1.82) is 0 Å². The smallest absolute Gasteiger partial charge is 0.268 e. The van der Waals surface area contributed by atoms with E-state index in [-0.39, 0.29) is 0 Å². The summed E-state index contributed by atoms with van der Waals surface area (Å²) >= 11 is 0. The molecule has 0 amide bonds. The zero-order valence-corrected chi connectivity index (χ0v) is 13.9. The van der Waals surface area contributed by atoms with E-state index in [0.29, 0.717) is 0 Å². The standard InChI is InChI=1S/C16H22O11/c1-7(18)12(6-17)13(23,8(2)19)14(24,9(3)20)15(25,10(4)21)16(26,27-12)11(5)22/h17,23-26H,6H2,1-5H3/t12-,13-,14-,15+,16?/m0/s1/i1D,2D,3D,4D,5D. The fourth-order valence-corrected chi connectivity index (χ4v) is 3.17. The Bertz CT molecular complexity index is 839. The SMILES string of the molecule is [2H]CC(=O)C1(O)O[C@@](CO)(C(=O)C[2H])[C@@](O)(C(=O)C[2H])[C@@](O)(C(=O)C[2H])[C@]1(O)C(=O)C[2H]. The Morgan fingerprint density at radius 3 is 1.52 bits per heavy atom. The number of aliphatic hydroxyl groups excluding tert-OH is 1. The zero-order chi connectivity index (χ0) is 25.3. The molecule has 5 atom stereocenters. The van der Waals surface area contributed by atoms with E-state index in [4.69, 9.17) is 11.6 Å². The first-order valence-corrected chi connectivity index (χ1v) is 7.01. The van der Waals surface area contributed by atoms with Crippen LogP contribution in [0, 0.1) is 0 Å². The molecule has 11 heteroatoms. The van der Waals surface area contributed by atoms with Crippen molar-refractivity contribution in [2.24, 2.45) is 0 Å². The summed E-state index contributed by atoms with van der Waals surface area (Å²) in [6, 6.07) is 0. The minimum absolute atomic E-state index is 1.49. The summed E-state index contributed by atoms with van der Waals surface area (Å²) in [5, 5.41) is 54.6. The molecule has 0 aromatic heterocycles. The number of aliphatic hydroxyl groups is 5.